The largest absolute Gasteiger partial charge is 0.550 e. The number of carboxylic acid groups (broad SMARTS) is 2. The van der Waals surface area contributed by atoms with Crippen LogP contribution in [-0.4, -0.2) is 38.9 Å². The Bertz CT molecular complexity index is 326. The molecule has 1 rings (SSSR count). The lowest BCUT2D eigenvalue weighted by atomic mass is 10.2. The fraction of sp³-hybridized carbons (Fsp3) is 0.429. The minimum atomic E-state index is -1.66. The van der Waals surface area contributed by atoms with E-state index < -0.39 is 30.3 Å². The number of carbonyl (C=O) groups excluding carboxylic acids is 3. The molecule has 0 aromatic heterocycles. The molecular formula is C7H5NO5S2-2. The summed E-state index contributed by atoms with van der Waals surface area (Å²) in [7, 11) is 0. The smallest absolute Gasteiger partial charge is 0.239 e. The maximum atomic E-state index is 11.2. The van der Waals surface area contributed by atoms with Gasteiger partial charge in [-0.1, -0.05) is 24.0 Å². The molecule has 0 bridgehead atoms. The number of thioether (sulfide) groups is 1. The fourth-order valence-corrected chi connectivity index (χ4v) is 2.26. The molecule has 1 heterocycles. The van der Waals surface area contributed by atoms with Crippen LogP contribution in [0.2, 0.25) is 0 Å². The summed E-state index contributed by atoms with van der Waals surface area (Å²) in [5, 5.41) is 20.9. The van der Waals surface area contributed by atoms with E-state index in [1.54, 1.807) is 0 Å². The standard InChI is InChI=1S/C7H7NO5S2/c9-4-2-15-7(14)8(4)3(6(12)13)1-5(10)11/h3H,1-2H2,(H,10,11)(H,12,13)/p-2/t3-/m0/s1. The minimum Gasteiger partial charge on any atom is -0.550 e. The summed E-state index contributed by atoms with van der Waals surface area (Å²) in [5.74, 6) is -3.73. The zero-order valence-electron chi connectivity index (χ0n) is 7.30. The predicted octanol–water partition coefficient (Wildman–Crippen LogP) is -2.89. The van der Waals surface area contributed by atoms with Crippen molar-refractivity contribution in [3.63, 3.8) is 0 Å². The van der Waals surface area contributed by atoms with Crippen molar-refractivity contribution in [1.82, 2.24) is 4.90 Å². The molecule has 1 fully saturated rings. The number of hydrogen-bond acceptors (Lipinski definition) is 7. The van der Waals surface area contributed by atoms with Gasteiger partial charge in [-0.25, -0.2) is 0 Å². The second kappa shape index (κ2) is 4.58. The first kappa shape index (κ1) is 11.9. The molecule has 6 nitrogen and oxygen atoms in total. The summed E-state index contributed by atoms with van der Waals surface area (Å²) in [6.45, 7) is 0. The van der Waals surface area contributed by atoms with Crippen LogP contribution >= 0.6 is 24.0 Å². The van der Waals surface area contributed by atoms with E-state index in [4.69, 9.17) is 12.2 Å². The van der Waals surface area contributed by atoms with E-state index in [-0.39, 0.29) is 10.1 Å². The molecule has 0 aliphatic carbocycles. The molecule has 82 valence electrons. The van der Waals surface area contributed by atoms with E-state index in [1.165, 1.54) is 0 Å². The number of rotatable bonds is 4. The summed E-state index contributed by atoms with van der Waals surface area (Å²) in [5.41, 5.74) is 0. The lowest BCUT2D eigenvalue weighted by Gasteiger charge is -2.27. The fourth-order valence-electron chi connectivity index (χ4n) is 1.10. The van der Waals surface area contributed by atoms with Crippen LogP contribution in [-0.2, 0) is 14.4 Å². The molecule has 0 saturated carbocycles. The second-order valence-electron chi connectivity index (χ2n) is 2.73. The molecule has 0 radical (unpaired) electrons. The van der Waals surface area contributed by atoms with Crippen molar-refractivity contribution in [2.45, 2.75) is 12.5 Å². The number of amides is 1. The Kier molecular flexibility index (Phi) is 3.64. The van der Waals surface area contributed by atoms with Gasteiger partial charge in [0, 0.05) is 12.4 Å². The molecule has 1 saturated heterocycles. The van der Waals surface area contributed by atoms with Crippen LogP contribution in [0.5, 0.6) is 0 Å². The normalized spacial score (nSPS) is 18.0. The maximum absolute atomic E-state index is 11.2. The van der Waals surface area contributed by atoms with E-state index in [2.05, 4.69) is 0 Å². The van der Waals surface area contributed by atoms with Gasteiger partial charge in [-0.05, 0) is 0 Å². The average Bonchev–Trinajstić information content (AvgIpc) is 2.42. The summed E-state index contributed by atoms with van der Waals surface area (Å²) in [6.07, 6.45) is -0.825. The van der Waals surface area contributed by atoms with Crippen LogP contribution in [0, 0.1) is 0 Å². The monoisotopic (exact) mass is 247 g/mol. The van der Waals surface area contributed by atoms with E-state index in [0.717, 1.165) is 16.7 Å². The molecule has 1 aliphatic heterocycles. The van der Waals surface area contributed by atoms with Crippen LogP contribution in [0.1, 0.15) is 6.42 Å². The lowest BCUT2D eigenvalue weighted by molar-refractivity contribution is -0.319. The number of hydrogen-bond donors (Lipinski definition) is 0. The summed E-state index contributed by atoms with van der Waals surface area (Å²) >= 11 is 5.72. The number of carboxylic acids is 2. The van der Waals surface area contributed by atoms with Gasteiger partial charge in [0.25, 0.3) is 0 Å². The van der Waals surface area contributed by atoms with Crippen molar-refractivity contribution in [1.29, 1.82) is 0 Å². The van der Waals surface area contributed by atoms with Crippen LogP contribution in [0.4, 0.5) is 0 Å². The Hall–Kier alpha value is -1.15. The topological polar surface area (TPSA) is 101 Å². The van der Waals surface area contributed by atoms with E-state index in [0.29, 0.717) is 0 Å². The van der Waals surface area contributed by atoms with Gasteiger partial charge in [0.15, 0.2) is 0 Å². The Morgan fingerprint density at radius 3 is 2.47 bits per heavy atom. The summed E-state index contributed by atoms with van der Waals surface area (Å²) in [6, 6.07) is -1.58. The van der Waals surface area contributed by atoms with Crippen molar-refractivity contribution in [2.24, 2.45) is 0 Å². The van der Waals surface area contributed by atoms with E-state index >= 15 is 0 Å². The van der Waals surface area contributed by atoms with Crippen LogP contribution < -0.4 is 10.2 Å². The highest BCUT2D eigenvalue weighted by molar-refractivity contribution is 8.23. The summed E-state index contributed by atoms with van der Waals surface area (Å²) in [4.78, 5) is 32.9. The molecule has 1 aliphatic rings. The van der Waals surface area contributed by atoms with Gasteiger partial charge in [-0.3, -0.25) is 9.69 Å². The number of thiocarbonyl (C=S) groups is 1. The van der Waals surface area contributed by atoms with Gasteiger partial charge in [-0.15, -0.1) is 0 Å². The van der Waals surface area contributed by atoms with Crippen LogP contribution in [0.25, 0.3) is 0 Å². The van der Waals surface area contributed by atoms with Gasteiger partial charge < -0.3 is 19.8 Å². The van der Waals surface area contributed by atoms with E-state index in [1.807, 2.05) is 0 Å². The van der Waals surface area contributed by atoms with Crippen molar-refractivity contribution >= 4 is 46.1 Å². The van der Waals surface area contributed by atoms with Crippen LogP contribution in [0.15, 0.2) is 0 Å². The highest BCUT2D eigenvalue weighted by Crippen LogP contribution is 2.22. The highest BCUT2D eigenvalue weighted by Gasteiger charge is 2.33. The van der Waals surface area contributed by atoms with Gasteiger partial charge in [0.2, 0.25) is 5.91 Å². The molecular weight excluding hydrogens is 242 g/mol. The summed E-state index contributed by atoms with van der Waals surface area (Å²) < 4.78 is 0.0513. The first-order valence-corrected chi connectivity index (χ1v) is 5.22. The molecule has 0 aromatic carbocycles. The number of nitrogens with zero attached hydrogens (tertiary/aromatic N) is 1. The molecule has 0 unspecified atom stereocenters. The van der Waals surface area contributed by atoms with E-state index in [9.17, 15) is 24.6 Å². The maximum Gasteiger partial charge on any atom is 0.239 e. The third kappa shape index (κ3) is 2.66. The first-order valence-electron chi connectivity index (χ1n) is 3.83. The van der Waals surface area contributed by atoms with Crippen molar-refractivity contribution in [3.05, 3.63) is 0 Å². The molecule has 0 spiro atoms. The van der Waals surface area contributed by atoms with Crippen molar-refractivity contribution < 1.29 is 24.6 Å². The third-order valence-electron chi connectivity index (χ3n) is 1.73. The van der Waals surface area contributed by atoms with Gasteiger partial charge >= 0.3 is 0 Å². The van der Waals surface area contributed by atoms with Crippen LogP contribution in [0.3, 0.4) is 0 Å². The van der Waals surface area contributed by atoms with Crippen molar-refractivity contribution in [3.8, 4) is 0 Å². The van der Waals surface area contributed by atoms with Gasteiger partial charge in [0.1, 0.15) is 4.32 Å². The molecule has 8 heteroatoms. The Morgan fingerprint density at radius 1 is 1.53 bits per heavy atom. The Balaban J connectivity index is 2.88. The zero-order chi connectivity index (χ0) is 11.6. The number of carbonyl (C=O) groups is 3. The van der Waals surface area contributed by atoms with Gasteiger partial charge in [-0.2, -0.15) is 0 Å². The minimum absolute atomic E-state index is 0.0235. The zero-order valence-corrected chi connectivity index (χ0v) is 8.93. The molecule has 1 amide bonds. The molecule has 15 heavy (non-hydrogen) atoms. The van der Waals surface area contributed by atoms with Gasteiger partial charge in [0.05, 0.1) is 17.8 Å². The average molecular weight is 247 g/mol. The second-order valence-corrected chi connectivity index (χ2v) is 4.34. The molecule has 1 atom stereocenters. The number of aliphatic carboxylic acids is 2. The predicted molar refractivity (Wildman–Crippen MR) is 50.3 cm³/mol. The SMILES string of the molecule is O=C([O-])C[C@@H](C(=O)[O-])N1C(=O)CSC1=S. The third-order valence-corrected chi connectivity index (χ3v) is 3.11. The molecule has 0 N–H and O–H groups in total. The highest BCUT2D eigenvalue weighted by atomic mass is 32.2. The Morgan fingerprint density at radius 2 is 2.13 bits per heavy atom. The quantitative estimate of drug-likeness (QED) is 0.491. The molecule has 0 aromatic rings. The lowest BCUT2D eigenvalue weighted by Crippen LogP contribution is -2.52. The van der Waals surface area contributed by atoms with Crippen molar-refractivity contribution in [2.75, 3.05) is 5.75 Å². The first-order chi connectivity index (χ1) is 6.93. The Labute approximate surface area is 94.2 Å².